The number of ether oxygens (including phenoxy) is 1. The standard InChI is InChI=1S/C14H28N2O/c1-3-9-15-13-5-4-6-14(13)16(10-11-17-2)12-7-8-12/h12-15H,3-11H2,1-2H3. The molecule has 0 spiro atoms. The van der Waals surface area contributed by atoms with E-state index in [-0.39, 0.29) is 0 Å². The zero-order valence-corrected chi connectivity index (χ0v) is 11.5. The number of hydrogen-bond acceptors (Lipinski definition) is 3. The van der Waals surface area contributed by atoms with Crippen LogP contribution in [0.3, 0.4) is 0 Å². The Bertz CT molecular complexity index is 218. The minimum absolute atomic E-state index is 0.729. The van der Waals surface area contributed by atoms with E-state index in [4.69, 9.17) is 4.74 Å². The molecule has 0 saturated heterocycles. The summed E-state index contributed by atoms with van der Waals surface area (Å²) < 4.78 is 5.26. The van der Waals surface area contributed by atoms with E-state index < -0.39 is 0 Å². The molecular formula is C14H28N2O. The monoisotopic (exact) mass is 240 g/mol. The average Bonchev–Trinajstić information content (AvgIpc) is 3.07. The van der Waals surface area contributed by atoms with Crippen molar-refractivity contribution in [3.8, 4) is 0 Å². The van der Waals surface area contributed by atoms with Gasteiger partial charge in [0.2, 0.25) is 0 Å². The first-order valence-electron chi connectivity index (χ1n) is 7.35. The van der Waals surface area contributed by atoms with E-state index in [1.54, 1.807) is 0 Å². The predicted octanol–water partition coefficient (Wildman–Crippen LogP) is 2.02. The van der Waals surface area contributed by atoms with Gasteiger partial charge in [0.1, 0.15) is 0 Å². The maximum Gasteiger partial charge on any atom is 0.0589 e. The Hall–Kier alpha value is -0.120. The molecule has 0 aromatic heterocycles. The van der Waals surface area contributed by atoms with E-state index in [1.165, 1.54) is 45.1 Å². The first kappa shape index (κ1) is 13.3. The maximum atomic E-state index is 5.26. The van der Waals surface area contributed by atoms with Crippen LogP contribution in [0.15, 0.2) is 0 Å². The summed E-state index contributed by atoms with van der Waals surface area (Å²) in [7, 11) is 1.81. The van der Waals surface area contributed by atoms with E-state index >= 15 is 0 Å². The molecule has 1 N–H and O–H groups in total. The third kappa shape index (κ3) is 3.67. The molecule has 3 heteroatoms. The molecule has 0 aliphatic heterocycles. The minimum Gasteiger partial charge on any atom is -0.383 e. The van der Waals surface area contributed by atoms with Crippen LogP contribution in [-0.4, -0.2) is 49.8 Å². The van der Waals surface area contributed by atoms with Crippen molar-refractivity contribution in [1.29, 1.82) is 0 Å². The SMILES string of the molecule is CCCNC1CCCC1N(CCOC)C1CC1. The summed E-state index contributed by atoms with van der Waals surface area (Å²) in [5.74, 6) is 0. The van der Waals surface area contributed by atoms with Crippen LogP contribution < -0.4 is 5.32 Å². The fourth-order valence-electron chi connectivity index (χ4n) is 3.13. The van der Waals surface area contributed by atoms with Crippen molar-refractivity contribution in [1.82, 2.24) is 10.2 Å². The van der Waals surface area contributed by atoms with E-state index in [1.807, 2.05) is 7.11 Å². The molecule has 2 fully saturated rings. The van der Waals surface area contributed by atoms with Crippen LogP contribution in [0.2, 0.25) is 0 Å². The summed E-state index contributed by atoms with van der Waals surface area (Å²) >= 11 is 0. The fourth-order valence-corrected chi connectivity index (χ4v) is 3.13. The van der Waals surface area contributed by atoms with Crippen LogP contribution in [0, 0.1) is 0 Å². The second-order valence-corrected chi connectivity index (χ2v) is 5.52. The Morgan fingerprint density at radius 1 is 1.24 bits per heavy atom. The van der Waals surface area contributed by atoms with Gasteiger partial charge in [0.15, 0.2) is 0 Å². The third-order valence-electron chi connectivity index (χ3n) is 4.13. The molecule has 3 nitrogen and oxygen atoms in total. The van der Waals surface area contributed by atoms with Gasteiger partial charge in [-0.2, -0.15) is 0 Å². The van der Waals surface area contributed by atoms with Gasteiger partial charge in [-0.05, 0) is 38.6 Å². The highest BCUT2D eigenvalue weighted by Gasteiger charge is 2.39. The fraction of sp³-hybridized carbons (Fsp3) is 1.00. The van der Waals surface area contributed by atoms with Gasteiger partial charge in [-0.25, -0.2) is 0 Å². The lowest BCUT2D eigenvalue weighted by atomic mass is 10.1. The smallest absolute Gasteiger partial charge is 0.0589 e. The molecule has 0 bridgehead atoms. The first-order chi connectivity index (χ1) is 8.36. The Morgan fingerprint density at radius 2 is 2.06 bits per heavy atom. The van der Waals surface area contributed by atoms with Gasteiger partial charge in [0, 0.05) is 31.8 Å². The molecule has 2 unspecified atom stereocenters. The van der Waals surface area contributed by atoms with Crippen LogP contribution in [0.1, 0.15) is 45.4 Å². The first-order valence-corrected chi connectivity index (χ1v) is 7.35. The summed E-state index contributed by atoms with van der Waals surface area (Å²) in [6, 6.07) is 2.36. The molecule has 2 aliphatic carbocycles. The molecule has 0 amide bonds. The molecule has 2 aliphatic rings. The molecule has 2 saturated carbocycles. The molecule has 0 aromatic rings. The van der Waals surface area contributed by atoms with Crippen LogP contribution in [0.25, 0.3) is 0 Å². The molecule has 17 heavy (non-hydrogen) atoms. The van der Waals surface area contributed by atoms with Gasteiger partial charge in [0.25, 0.3) is 0 Å². The summed E-state index contributed by atoms with van der Waals surface area (Å²) in [4.78, 5) is 2.73. The molecular weight excluding hydrogens is 212 g/mol. The quantitative estimate of drug-likeness (QED) is 0.702. The highest BCUT2D eigenvalue weighted by Crippen LogP contribution is 2.34. The summed E-state index contributed by atoms with van der Waals surface area (Å²) in [5.41, 5.74) is 0. The average molecular weight is 240 g/mol. The minimum atomic E-state index is 0.729. The normalized spacial score (nSPS) is 29.1. The Kier molecular flexibility index (Phi) is 5.26. The Labute approximate surface area is 106 Å². The van der Waals surface area contributed by atoms with Crippen molar-refractivity contribution in [2.75, 3.05) is 26.8 Å². The van der Waals surface area contributed by atoms with Crippen LogP contribution in [0.5, 0.6) is 0 Å². The molecule has 0 heterocycles. The van der Waals surface area contributed by atoms with Crippen molar-refractivity contribution >= 4 is 0 Å². The van der Waals surface area contributed by atoms with Crippen molar-refractivity contribution in [3.63, 3.8) is 0 Å². The van der Waals surface area contributed by atoms with Crippen LogP contribution >= 0.6 is 0 Å². The summed E-state index contributed by atoms with van der Waals surface area (Å²) in [6.07, 6.45) is 8.18. The maximum absolute atomic E-state index is 5.26. The number of methoxy groups -OCH3 is 1. The second kappa shape index (κ2) is 6.72. The lowest BCUT2D eigenvalue weighted by Gasteiger charge is -2.33. The number of hydrogen-bond donors (Lipinski definition) is 1. The van der Waals surface area contributed by atoms with E-state index in [0.29, 0.717) is 0 Å². The van der Waals surface area contributed by atoms with E-state index in [2.05, 4.69) is 17.1 Å². The zero-order valence-electron chi connectivity index (χ0n) is 11.5. The van der Waals surface area contributed by atoms with E-state index in [9.17, 15) is 0 Å². The Balaban J connectivity index is 1.86. The van der Waals surface area contributed by atoms with Crippen molar-refractivity contribution < 1.29 is 4.74 Å². The summed E-state index contributed by atoms with van der Waals surface area (Å²) in [5, 5.41) is 3.74. The van der Waals surface area contributed by atoms with Gasteiger partial charge < -0.3 is 10.1 Å². The van der Waals surface area contributed by atoms with Crippen LogP contribution in [0.4, 0.5) is 0 Å². The lowest BCUT2D eigenvalue weighted by molar-refractivity contribution is 0.104. The number of rotatable bonds is 8. The molecule has 0 radical (unpaired) electrons. The molecule has 100 valence electrons. The third-order valence-corrected chi connectivity index (χ3v) is 4.13. The van der Waals surface area contributed by atoms with Gasteiger partial charge in [0.05, 0.1) is 6.61 Å². The lowest BCUT2D eigenvalue weighted by Crippen LogP contribution is -2.49. The largest absolute Gasteiger partial charge is 0.383 e. The topological polar surface area (TPSA) is 24.5 Å². The second-order valence-electron chi connectivity index (χ2n) is 5.52. The number of nitrogens with zero attached hydrogens (tertiary/aromatic N) is 1. The van der Waals surface area contributed by atoms with Gasteiger partial charge in [-0.15, -0.1) is 0 Å². The van der Waals surface area contributed by atoms with Gasteiger partial charge >= 0.3 is 0 Å². The van der Waals surface area contributed by atoms with Crippen molar-refractivity contribution in [3.05, 3.63) is 0 Å². The Morgan fingerprint density at radius 3 is 2.71 bits per heavy atom. The van der Waals surface area contributed by atoms with Crippen molar-refractivity contribution in [2.24, 2.45) is 0 Å². The summed E-state index contributed by atoms with van der Waals surface area (Å²) in [6.45, 7) is 5.42. The zero-order chi connectivity index (χ0) is 12.1. The molecule has 2 rings (SSSR count). The van der Waals surface area contributed by atoms with Crippen LogP contribution in [-0.2, 0) is 4.74 Å². The predicted molar refractivity (Wildman–Crippen MR) is 71.3 cm³/mol. The molecule has 0 aromatic carbocycles. The highest BCUT2D eigenvalue weighted by molar-refractivity contribution is 4.96. The van der Waals surface area contributed by atoms with Crippen molar-refractivity contribution in [2.45, 2.75) is 63.6 Å². The van der Waals surface area contributed by atoms with E-state index in [0.717, 1.165) is 31.3 Å². The highest BCUT2D eigenvalue weighted by atomic mass is 16.5. The molecule has 2 atom stereocenters. The van der Waals surface area contributed by atoms with Gasteiger partial charge in [-0.3, -0.25) is 4.90 Å². The number of nitrogens with one attached hydrogen (secondary N) is 1. The van der Waals surface area contributed by atoms with Gasteiger partial charge in [-0.1, -0.05) is 13.3 Å².